The van der Waals surface area contributed by atoms with Gasteiger partial charge in [0.2, 0.25) is 5.95 Å². The molecular formula is C13H22N4. The Bertz CT molecular complexity index is 378. The second-order valence-electron chi connectivity index (χ2n) is 4.83. The fourth-order valence-corrected chi connectivity index (χ4v) is 2.42. The predicted octanol–water partition coefficient (Wildman–Crippen LogP) is 2.25. The molecule has 0 spiro atoms. The lowest BCUT2D eigenvalue weighted by atomic mass is 10.1. The monoisotopic (exact) mass is 234 g/mol. The van der Waals surface area contributed by atoms with Gasteiger partial charge in [-0.1, -0.05) is 26.7 Å². The maximum absolute atomic E-state index is 5.78. The number of nitrogens with zero attached hydrogens (tertiary/aromatic N) is 3. The molecule has 1 fully saturated rings. The first kappa shape index (κ1) is 12.1. The Hall–Kier alpha value is -1.32. The van der Waals surface area contributed by atoms with Crippen molar-refractivity contribution in [3.63, 3.8) is 0 Å². The molecular weight excluding hydrogens is 212 g/mol. The number of aryl methyl sites for hydroxylation is 1. The lowest BCUT2D eigenvalue weighted by Gasteiger charge is -2.18. The molecule has 2 rings (SSSR count). The first-order valence-corrected chi connectivity index (χ1v) is 6.61. The lowest BCUT2D eigenvalue weighted by molar-refractivity contribution is 0.568. The van der Waals surface area contributed by atoms with Gasteiger partial charge in [-0.05, 0) is 18.8 Å². The van der Waals surface area contributed by atoms with E-state index in [-0.39, 0.29) is 0 Å². The molecule has 1 aliphatic heterocycles. The van der Waals surface area contributed by atoms with Crippen molar-refractivity contribution in [3.8, 4) is 0 Å². The number of nitrogens with two attached hydrogens (primary N) is 1. The number of anilines is 2. The number of nitrogen functional groups attached to an aromatic ring is 1. The molecule has 2 N–H and O–H groups in total. The number of hydrogen-bond donors (Lipinski definition) is 1. The first-order chi connectivity index (χ1) is 8.22. The number of rotatable bonds is 4. The lowest BCUT2D eigenvalue weighted by Crippen LogP contribution is -2.21. The van der Waals surface area contributed by atoms with Gasteiger partial charge in [-0.2, -0.15) is 4.98 Å². The van der Waals surface area contributed by atoms with E-state index in [1.807, 2.05) is 0 Å². The number of hydrogen-bond acceptors (Lipinski definition) is 4. The first-order valence-electron chi connectivity index (χ1n) is 6.61. The summed E-state index contributed by atoms with van der Waals surface area (Å²) in [5, 5.41) is 0. The van der Waals surface area contributed by atoms with Crippen LogP contribution in [0.2, 0.25) is 0 Å². The third kappa shape index (κ3) is 2.87. The van der Waals surface area contributed by atoms with Crippen molar-refractivity contribution < 1.29 is 0 Å². The summed E-state index contributed by atoms with van der Waals surface area (Å²) in [6, 6.07) is 2.10. The van der Waals surface area contributed by atoms with Gasteiger partial charge >= 0.3 is 0 Å². The molecule has 0 bridgehead atoms. The van der Waals surface area contributed by atoms with Crippen molar-refractivity contribution in [1.82, 2.24) is 9.97 Å². The molecule has 4 heteroatoms. The van der Waals surface area contributed by atoms with Crippen LogP contribution in [0, 0.1) is 5.92 Å². The van der Waals surface area contributed by atoms with Crippen LogP contribution in [0.4, 0.5) is 11.8 Å². The van der Waals surface area contributed by atoms with Gasteiger partial charge in [0.05, 0.1) is 0 Å². The maximum Gasteiger partial charge on any atom is 0.222 e. The minimum Gasteiger partial charge on any atom is -0.368 e. The van der Waals surface area contributed by atoms with Gasteiger partial charge in [0.25, 0.3) is 0 Å². The fourth-order valence-electron chi connectivity index (χ4n) is 2.42. The molecule has 4 nitrogen and oxygen atoms in total. The van der Waals surface area contributed by atoms with E-state index in [2.05, 4.69) is 34.8 Å². The molecule has 0 aromatic carbocycles. The third-order valence-corrected chi connectivity index (χ3v) is 3.48. The average molecular weight is 234 g/mol. The summed E-state index contributed by atoms with van der Waals surface area (Å²) in [7, 11) is 0. The smallest absolute Gasteiger partial charge is 0.222 e. The summed E-state index contributed by atoms with van der Waals surface area (Å²) >= 11 is 0. The van der Waals surface area contributed by atoms with Crippen molar-refractivity contribution >= 4 is 11.8 Å². The van der Waals surface area contributed by atoms with Gasteiger partial charge in [0.15, 0.2) is 0 Å². The summed E-state index contributed by atoms with van der Waals surface area (Å²) in [6.45, 7) is 6.62. The molecule has 1 atom stereocenters. The summed E-state index contributed by atoms with van der Waals surface area (Å²) < 4.78 is 0. The summed E-state index contributed by atoms with van der Waals surface area (Å²) in [5.74, 6) is 2.23. The number of aromatic nitrogens is 2. The maximum atomic E-state index is 5.78. The van der Waals surface area contributed by atoms with Crippen LogP contribution in [0.25, 0.3) is 0 Å². The normalized spacial score (nSPS) is 19.9. The molecule has 0 radical (unpaired) electrons. The van der Waals surface area contributed by atoms with Gasteiger partial charge in [-0.25, -0.2) is 4.98 Å². The molecule has 1 saturated heterocycles. The molecule has 17 heavy (non-hydrogen) atoms. The molecule has 0 unspecified atom stereocenters. The van der Waals surface area contributed by atoms with Crippen molar-refractivity contribution in [1.29, 1.82) is 0 Å². The van der Waals surface area contributed by atoms with E-state index in [9.17, 15) is 0 Å². The van der Waals surface area contributed by atoms with Gasteiger partial charge in [0, 0.05) is 24.8 Å². The van der Waals surface area contributed by atoms with Crippen LogP contribution in [0.1, 0.15) is 38.8 Å². The molecule has 1 aromatic rings. The Kier molecular flexibility index (Phi) is 3.82. The van der Waals surface area contributed by atoms with Crippen molar-refractivity contribution in [2.24, 2.45) is 5.92 Å². The van der Waals surface area contributed by atoms with E-state index in [4.69, 9.17) is 5.73 Å². The third-order valence-electron chi connectivity index (χ3n) is 3.48. The second-order valence-corrected chi connectivity index (χ2v) is 4.83. The van der Waals surface area contributed by atoms with E-state index in [1.165, 1.54) is 12.8 Å². The predicted molar refractivity (Wildman–Crippen MR) is 71.1 cm³/mol. The Labute approximate surface area is 103 Å². The van der Waals surface area contributed by atoms with Crippen LogP contribution in [0.3, 0.4) is 0 Å². The van der Waals surface area contributed by atoms with Gasteiger partial charge in [-0.3, -0.25) is 0 Å². The Balaban J connectivity index is 2.15. The summed E-state index contributed by atoms with van der Waals surface area (Å²) in [4.78, 5) is 11.0. The zero-order valence-corrected chi connectivity index (χ0v) is 10.8. The zero-order valence-electron chi connectivity index (χ0n) is 10.8. The van der Waals surface area contributed by atoms with Gasteiger partial charge in [-0.15, -0.1) is 0 Å². The molecule has 2 heterocycles. The van der Waals surface area contributed by atoms with Crippen LogP contribution in [0.15, 0.2) is 6.07 Å². The quantitative estimate of drug-likeness (QED) is 0.868. The van der Waals surface area contributed by atoms with E-state index in [1.54, 1.807) is 0 Å². The fraction of sp³-hybridized carbons (Fsp3) is 0.692. The van der Waals surface area contributed by atoms with E-state index in [0.717, 1.165) is 43.4 Å². The molecule has 0 amide bonds. The summed E-state index contributed by atoms with van der Waals surface area (Å²) in [5.41, 5.74) is 6.84. The Morgan fingerprint density at radius 2 is 2.24 bits per heavy atom. The topological polar surface area (TPSA) is 55.0 Å². The van der Waals surface area contributed by atoms with E-state index < -0.39 is 0 Å². The zero-order chi connectivity index (χ0) is 12.3. The standard InChI is InChI=1S/C13H22N4/c1-3-5-11-8-12(16-13(14)15-11)17-7-6-10(4-2)9-17/h8,10H,3-7,9H2,1-2H3,(H2,14,15,16)/t10-/m1/s1. The van der Waals surface area contributed by atoms with E-state index >= 15 is 0 Å². The van der Waals surface area contributed by atoms with Crippen molar-refractivity contribution in [2.45, 2.75) is 39.5 Å². The van der Waals surface area contributed by atoms with Crippen LogP contribution < -0.4 is 10.6 Å². The second kappa shape index (κ2) is 5.34. The highest BCUT2D eigenvalue weighted by Gasteiger charge is 2.22. The highest BCUT2D eigenvalue weighted by Crippen LogP contribution is 2.25. The Morgan fingerprint density at radius 1 is 1.41 bits per heavy atom. The molecule has 1 aliphatic rings. The summed E-state index contributed by atoms with van der Waals surface area (Å²) in [6.07, 6.45) is 4.58. The van der Waals surface area contributed by atoms with Crippen molar-refractivity contribution in [2.75, 3.05) is 23.7 Å². The average Bonchev–Trinajstić information content (AvgIpc) is 2.77. The molecule has 1 aromatic heterocycles. The van der Waals surface area contributed by atoms with Crippen LogP contribution >= 0.6 is 0 Å². The minimum atomic E-state index is 0.408. The van der Waals surface area contributed by atoms with E-state index in [0.29, 0.717) is 5.95 Å². The molecule has 0 saturated carbocycles. The minimum absolute atomic E-state index is 0.408. The largest absolute Gasteiger partial charge is 0.368 e. The van der Waals surface area contributed by atoms with Gasteiger partial charge < -0.3 is 10.6 Å². The van der Waals surface area contributed by atoms with Crippen LogP contribution in [-0.2, 0) is 6.42 Å². The SMILES string of the molecule is CCCc1cc(N2CC[C@@H](CC)C2)nc(N)n1. The van der Waals surface area contributed by atoms with Crippen molar-refractivity contribution in [3.05, 3.63) is 11.8 Å². The Morgan fingerprint density at radius 3 is 2.88 bits per heavy atom. The van der Waals surface area contributed by atoms with Crippen LogP contribution in [0.5, 0.6) is 0 Å². The highest BCUT2D eigenvalue weighted by molar-refractivity contribution is 5.44. The highest BCUT2D eigenvalue weighted by atomic mass is 15.2. The van der Waals surface area contributed by atoms with Crippen LogP contribution in [-0.4, -0.2) is 23.1 Å². The van der Waals surface area contributed by atoms with Gasteiger partial charge in [0.1, 0.15) is 5.82 Å². The molecule has 0 aliphatic carbocycles. The molecule has 94 valence electrons.